The van der Waals surface area contributed by atoms with Crippen LogP contribution in [0.25, 0.3) is 11.1 Å². The number of amidine groups is 1. The highest BCUT2D eigenvalue weighted by atomic mass is 16.5. The Morgan fingerprint density at radius 2 is 1.89 bits per heavy atom. The number of fused-ring (bicyclic) bond motifs is 1. The fourth-order valence-electron chi connectivity index (χ4n) is 4.70. The molecule has 3 aromatic carbocycles. The summed E-state index contributed by atoms with van der Waals surface area (Å²) < 4.78 is 5.26. The van der Waals surface area contributed by atoms with Gasteiger partial charge in [-0.1, -0.05) is 19.9 Å². The van der Waals surface area contributed by atoms with Gasteiger partial charge in [0.05, 0.1) is 12.7 Å². The van der Waals surface area contributed by atoms with Crippen molar-refractivity contribution in [2.75, 3.05) is 23.9 Å². The van der Waals surface area contributed by atoms with Gasteiger partial charge in [0.2, 0.25) is 5.91 Å². The first-order chi connectivity index (χ1) is 17.7. The third-order valence-corrected chi connectivity index (χ3v) is 6.48. The SMILES string of the molecule is COc1ccc(-c2cc(NC(=O)CC(C)C)ccc2CN2CCc3cc(C(=N)N)ccc32)c(C(=O)O)c1. The quantitative estimate of drug-likeness (QED) is 0.245. The number of carbonyl (C=O) groups is 2. The minimum absolute atomic E-state index is 0.0411. The van der Waals surface area contributed by atoms with Crippen molar-refractivity contribution in [3.8, 4) is 16.9 Å². The van der Waals surface area contributed by atoms with Crippen LogP contribution in [-0.4, -0.2) is 36.5 Å². The standard InChI is InChI=1S/C29H32N4O4/c1-17(2)12-27(34)32-21-6-4-20(16-33-11-10-18-13-19(28(30)31)5-9-26(18)33)24(14-21)23-8-7-22(37-3)15-25(23)29(35)36/h4-9,13-15,17H,10-12,16H2,1-3H3,(H3,30,31)(H,32,34)(H,35,36). The Hall–Kier alpha value is -4.33. The van der Waals surface area contributed by atoms with E-state index in [4.69, 9.17) is 15.9 Å². The van der Waals surface area contributed by atoms with Gasteiger partial charge in [-0.15, -0.1) is 0 Å². The summed E-state index contributed by atoms with van der Waals surface area (Å²) in [5.74, 6) is -0.426. The first kappa shape index (κ1) is 25.8. The number of anilines is 2. The third-order valence-electron chi connectivity index (χ3n) is 6.48. The Morgan fingerprint density at radius 3 is 2.57 bits per heavy atom. The monoisotopic (exact) mass is 500 g/mol. The summed E-state index contributed by atoms with van der Waals surface area (Å²) in [6.45, 7) is 5.31. The molecule has 0 fully saturated rings. The maximum atomic E-state index is 12.5. The zero-order chi connectivity index (χ0) is 26.7. The maximum absolute atomic E-state index is 12.5. The number of nitrogen functional groups attached to an aromatic ring is 1. The Bertz CT molecular complexity index is 1370. The first-order valence-electron chi connectivity index (χ1n) is 12.2. The molecular weight excluding hydrogens is 468 g/mol. The van der Waals surface area contributed by atoms with Crippen LogP contribution in [0, 0.1) is 11.3 Å². The number of methoxy groups -OCH3 is 1. The van der Waals surface area contributed by atoms with E-state index in [0.29, 0.717) is 35.5 Å². The van der Waals surface area contributed by atoms with E-state index in [0.717, 1.165) is 35.3 Å². The van der Waals surface area contributed by atoms with Gasteiger partial charge in [0.25, 0.3) is 0 Å². The highest BCUT2D eigenvalue weighted by Gasteiger charge is 2.23. The van der Waals surface area contributed by atoms with Crippen LogP contribution in [0.5, 0.6) is 5.75 Å². The molecule has 1 aliphatic heterocycles. The van der Waals surface area contributed by atoms with Crippen molar-refractivity contribution in [3.63, 3.8) is 0 Å². The lowest BCUT2D eigenvalue weighted by atomic mass is 9.94. The third kappa shape index (κ3) is 5.74. The number of nitrogens with zero attached hydrogens (tertiary/aromatic N) is 1. The van der Waals surface area contributed by atoms with Gasteiger partial charge in [-0.2, -0.15) is 0 Å². The van der Waals surface area contributed by atoms with Gasteiger partial charge >= 0.3 is 5.97 Å². The lowest BCUT2D eigenvalue weighted by molar-refractivity contribution is -0.116. The largest absolute Gasteiger partial charge is 0.497 e. The second-order valence-electron chi connectivity index (χ2n) is 9.66. The Kier molecular flexibility index (Phi) is 7.47. The van der Waals surface area contributed by atoms with Crippen molar-refractivity contribution in [1.82, 2.24) is 0 Å². The van der Waals surface area contributed by atoms with Gasteiger partial charge in [0.15, 0.2) is 0 Å². The predicted octanol–water partition coefficient (Wildman–Crippen LogP) is 4.89. The van der Waals surface area contributed by atoms with Gasteiger partial charge in [0, 0.05) is 36.4 Å². The van der Waals surface area contributed by atoms with Gasteiger partial charge in [-0.3, -0.25) is 10.2 Å². The summed E-state index contributed by atoms with van der Waals surface area (Å²) >= 11 is 0. The second-order valence-corrected chi connectivity index (χ2v) is 9.66. The molecule has 0 saturated heterocycles. The zero-order valence-corrected chi connectivity index (χ0v) is 21.3. The number of hydrogen-bond donors (Lipinski definition) is 4. The highest BCUT2D eigenvalue weighted by Crippen LogP contribution is 2.36. The van der Waals surface area contributed by atoms with E-state index >= 15 is 0 Å². The van der Waals surface area contributed by atoms with Gasteiger partial charge in [0.1, 0.15) is 11.6 Å². The van der Waals surface area contributed by atoms with E-state index < -0.39 is 5.97 Å². The number of rotatable bonds is 9. The van der Waals surface area contributed by atoms with Crippen LogP contribution in [0.2, 0.25) is 0 Å². The normalized spacial score (nSPS) is 12.4. The van der Waals surface area contributed by atoms with Crippen LogP contribution >= 0.6 is 0 Å². The highest BCUT2D eigenvalue weighted by molar-refractivity contribution is 5.98. The molecule has 5 N–H and O–H groups in total. The average Bonchev–Trinajstić information content (AvgIpc) is 3.25. The van der Waals surface area contributed by atoms with E-state index in [1.54, 1.807) is 12.1 Å². The summed E-state index contributed by atoms with van der Waals surface area (Å²) in [6.07, 6.45) is 1.23. The van der Waals surface area contributed by atoms with E-state index in [1.807, 2.05) is 50.2 Å². The lowest BCUT2D eigenvalue weighted by Gasteiger charge is -2.23. The van der Waals surface area contributed by atoms with Crippen molar-refractivity contribution < 1.29 is 19.4 Å². The van der Waals surface area contributed by atoms with Crippen LogP contribution in [0.3, 0.4) is 0 Å². The molecular formula is C29H32N4O4. The molecule has 37 heavy (non-hydrogen) atoms. The van der Waals surface area contributed by atoms with Gasteiger partial charge in [-0.25, -0.2) is 4.79 Å². The van der Waals surface area contributed by atoms with Gasteiger partial charge in [-0.05, 0) is 83.1 Å². The number of aromatic carboxylic acids is 1. The average molecular weight is 501 g/mol. The number of nitrogens with two attached hydrogens (primary N) is 1. The van der Waals surface area contributed by atoms with Crippen molar-refractivity contribution in [3.05, 3.63) is 76.9 Å². The van der Waals surface area contributed by atoms with Crippen LogP contribution in [0.15, 0.2) is 54.6 Å². The summed E-state index contributed by atoms with van der Waals surface area (Å²) in [5, 5.41) is 20.6. The molecule has 8 heteroatoms. The molecule has 0 unspecified atom stereocenters. The molecule has 0 radical (unpaired) electrons. The zero-order valence-electron chi connectivity index (χ0n) is 21.3. The summed E-state index contributed by atoms with van der Waals surface area (Å²) in [7, 11) is 1.50. The predicted molar refractivity (Wildman–Crippen MR) is 146 cm³/mol. The molecule has 1 heterocycles. The molecule has 0 bridgehead atoms. The number of carboxylic acids is 1. The van der Waals surface area contributed by atoms with Crippen molar-refractivity contribution in [2.24, 2.45) is 11.7 Å². The number of ether oxygens (including phenoxy) is 1. The summed E-state index contributed by atoms with van der Waals surface area (Å²) in [4.78, 5) is 26.9. The minimum atomic E-state index is -1.06. The molecule has 0 aliphatic carbocycles. The van der Waals surface area contributed by atoms with E-state index in [-0.39, 0.29) is 23.2 Å². The molecule has 192 valence electrons. The number of hydrogen-bond acceptors (Lipinski definition) is 5. The molecule has 1 aliphatic rings. The van der Waals surface area contributed by atoms with Crippen LogP contribution in [-0.2, 0) is 17.8 Å². The van der Waals surface area contributed by atoms with Crippen molar-refractivity contribution >= 4 is 29.1 Å². The lowest BCUT2D eigenvalue weighted by Crippen LogP contribution is -2.20. The maximum Gasteiger partial charge on any atom is 0.336 e. The summed E-state index contributed by atoms with van der Waals surface area (Å²) in [6, 6.07) is 16.4. The number of nitrogens with one attached hydrogen (secondary N) is 2. The molecule has 0 atom stereocenters. The van der Waals surface area contributed by atoms with Crippen LogP contribution in [0.1, 0.15) is 47.3 Å². The van der Waals surface area contributed by atoms with Crippen LogP contribution in [0.4, 0.5) is 11.4 Å². The van der Waals surface area contributed by atoms with Crippen molar-refractivity contribution in [2.45, 2.75) is 33.2 Å². The number of carbonyl (C=O) groups excluding carboxylic acids is 1. The van der Waals surface area contributed by atoms with Crippen molar-refractivity contribution in [1.29, 1.82) is 5.41 Å². The Morgan fingerprint density at radius 1 is 1.11 bits per heavy atom. The summed E-state index contributed by atoms with van der Waals surface area (Å²) in [5.41, 5.74) is 11.5. The molecule has 0 saturated carbocycles. The number of benzene rings is 3. The van der Waals surface area contributed by atoms with E-state index in [9.17, 15) is 14.7 Å². The number of amides is 1. The molecule has 0 aromatic heterocycles. The Balaban J connectivity index is 1.75. The molecule has 3 aromatic rings. The molecule has 1 amide bonds. The van der Waals surface area contributed by atoms with Crippen LogP contribution < -0.4 is 20.7 Å². The van der Waals surface area contributed by atoms with Gasteiger partial charge < -0.3 is 25.8 Å². The Labute approximate surface area is 216 Å². The second kappa shape index (κ2) is 10.7. The van der Waals surface area contributed by atoms with E-state index in [2.05, 4.69) is 10.2 Å². The molecule has 4 rings (SSSR count). The first-order valence-corrected chi connectivity index (χ1v) is 12.2. The van der Waals surface area contributed by atoms with E-state index in [1.165, 1.54) is 13.2 Å². The topological polar surface area (TPSA) is 129 Å². The minimum Gasteiger partial charge on any atom is -0.497 e. The smallest absolute Gasteiger partial charge is 0.336 e. The fraction of sp³-hybridized carbons (Fsp3) is 0.276. The molecule has 0 spiro atoms. The molecule has 8 nitrogen and oxygen atoms in total. The number of carboxylic acid groups (broad SMARTS) is 1. The fourth-order valence-corrected chi connectivity index (χ4v) is 4.70.